The fourth-order valence-corrected chi connectivity index (χ4v) is 2.41. The summed E-state index contributed by atoms with van der Waals surface area (Å²) >= 11 is 5.99. The lowest BCUT2D eigenvalue weighted by atomic mass is 10.2. The predicted octanol–water partition coefficient (Wildman–Crippen LogP) is 5.15. The van der Waals surface area contributed by atoms with Gasteiger partial charge in [0, 0.05) is 18.4 Å². The van der Waals surface area contributed by atoms with E-state index in [-0.39, 0.29) is 5.75 Å². The van der Waals surface area contributed by atoms with E-state index in [1.54, 1.807) is 48.7 Å². The Labute approximate surface area is 149 Å². The van der Waals surface area contributed by atoms with E-state index >= 15 is 0 Å². The van der Waals surface area contributed by atoms with Gasteiger partial charge in [-0.05, 0) is 48.0 Å². The second-order valence-electron chi connectivity index (χ2n) is 5.22. The summed E-state index contributed by atoms with van der Waals surface area (Å²) in [5.74, 6) is 0.152. The van der Waals surface area contributed by atoms with Gasteiger partial charge in [0.15, 0.2) is 11.6 Å². The molecule has 0 atom stereocenters. The topological polar surface area (TPSA) is 57.9 Å². The second kappa shape index (κ2) is 7.65. The number of nitrogens with zero attached hydrogens (tertiary/aromatic N) is 2. The molecule has 3 aromatic rings. The van der Waals surface area contributed by atoms with Gasteiger partial charge in [-0.25, -0.2) is 4.39 Å². The molecule has 6 heteroatoms. The van der Waals surface area contributed by atoms with Gasteiger partial charge in [-0.1, -0.05) is 17.7 Å². The van der Waals surface area contributed by atoms with Crippen LogP contribution in [-0.2, 0) is 6.54 Å². The van der Waals surface area contributed by atoms with E-state index in [4.69, 9.17) is 21.6 Å². The molecule has 0 aliphatic carbocycles. The van der Waals surface area contributed by atoms with Gasteiger partial charge in [-0.3, -0.25) is 4.98 Å². The van der Waals surface area contributed by atoms with Crippen molar-refractivity contribution in [2.45, 2.75) is 6.54 Å². The second-order valence-corrected chi connectivity index (χ2v) is 5.62. The van der Waals surface area contributed by atoms with E-state index in [9.17, 15) is 4.39 Å². The Morgan fingerprint density at radius 3 is 2.76 bits per heavy atom. The highest BCUT2D eigenvalue weighted by Gasteiger charge is 2.07. The van der Waals surface area contributed by atoms with E-state index in [0.29, 0.717) is 22.9 Å². The lowest BCUT2D eigenvalue weighted by Crippen LogP contribution is -2.00. The molecule has 0 saturated heterocycles. The zero-order valence-corrected chi connectivity index (χ0v) is 13.8. The van der Waals surface area contributed by atoms with Crippen molar-refractivity contribution in [2.75, 3.05) is 5.32 Å². The van der Waals surface area contributed by atoms with Crippen LogP contribution in [0.15, 0.2) is 60.9 Å². The maximum Gasteiger partial charge on any atom is 0.166 e. The highest BCUT2D eigenvalue weighted by atomic mass is 35.5. The zero-order valence-electron chi connectivity index (χ0n) is 13.0. The number of rotatable bonds is 5. The molecule has 1 heterocycles. The molecule has 3 rings (SSSR count). The maximum atomic E-state index is 14.2. The molecule has 1 N–H and O–H groups in total. The average molecular weight is 354 g/mol. The number of ether oxygens (including phenoxy) is 1. The van der Waals surface area contributed by atoms with Crippen LogP contribution in [0, 0.1) is 17.1 Å². The first-order valence-corrected chi connectivity index (χ1v) is 7.83. The summed E-state index contributed by atoms with van der Waals surface area (Å²) < 4.78 is 19.7. The van der Waals surface area contributed by atoms with E-state index < -0.39 is 5.82 Å². The fourth-order valence-electron chi connectivity index (χ4n) is 2.19. The van der Waals surface area contributed by atoms with Gasteiger partial charge < -0.3 is 10.1 Å². The van der Waals surface area contributed by atoms with Crippen molar-refractivity contribution < 1.29 is 9.13 Å². The predicted molar refractivity (Wildman–Crippen MR) is 94.2 cm³/mol. The minimum absolute atomic E-state index is 0.137. The third-order valence-electron chi connectivity index (χ3n) is 3.44. The summed E-state index contributed by atoms with van der Waals surface area (Å²) in [6.45, 7) is 0.409. The van der Waals surface area contributed by atoms with Gasteiger partial charge in [0.2, 0.25) is 0 Å². The summed E-state index contributed by atoms with van der Waals surface area (Å²) in [5, 5.41) is 12.4. The summed E-state index contributed by atoms with van der Waals surface area (Å²) in [6, 6.07) is 15.2. The van der Waals surface area contributed by atoms with Crippen LogP contribution in [0.3, 0.4) is 0 Å². The Hall–Kier alpha value is -3.10. The Balaban J connectivity index is 1.67. The Morgan fingerprint density at radius 2 is 2.08 bits per heavy atom. The van der Waals surface area contributed by atoms with E-state index in [2.05, 4.69) is 10.3 Å². The third kappa shape index (κ3) is 4.25. The van der Waals surface area contributed by atoms with Crippen LogP contribution >= 0.6 is 11.6 Å². The molecular formula is C19H13ClFN3O. The van der Waals surface area contributed by atoms with Crippen LogP contribution in [0.1, 0.15) is 11.1 Å². The Morgan fingerprint density at radius 1 is 1.20 bits per heavy atom. The largest absolute Gasteiger partial charge is 0.453 e. The average Bonchev–Trinajstić information content (AvgIpc) is 2.63. The highest BCUT2D eigenvalue weighted by molar-refractivity contribution is 6.32. The molecule has 0 aliphatic heterocycles. The third-order valence-corrected chi connectivity index (χ3v) is 3.76. The zero-order chi connectivity index (χ0) is 17.6. The minimum Gasteiger partial charge on any atom is -0.453 e. The molecule has 124 valence electrons. The molecule has 0 saturated carbocycles. The summed E-state index contributed by atoms with van der Waals surface area (Å²) in [4.78, 5) is 3.92. The van der Waals surface area contributed by atoms with Crippen molar-refractivity contribution in [1.82, 2.24) is 4.98 Å². The number of aromatic nitrogens is 1. The number of benzene rings is 2. The first-order valence-electron chi connectivity index (χ1n) is 7.45. The molecule has 25 heavy (non-hydrogen) atoms. The molecule has 0 spiro atoms. The van der Waals surface area contributed by atoms with Crippen LogP contribution in [0.4, 0.5) is 10.1 Å². The van der Waals surface area contributed by atoms with E-state index in [1.165, 1.54) is 12.3 Å². The lowest BCUT2D eigenvalue weighted by molar-refractivity contribution is 0.440. The van der Waals surface area contributed by atoms with E-state index in [0.717, 1.165) is 11.3 Å². The first-order chi connectivity index (χ1) is 12.2. The van der Waals surface area contributed by atoms with Crippen molar-refractivity contribution >= 4 is 17.3 Å². The van der Waals surface area contributed by atoms with Crippen LogP contribution in [0.5, 0.6) is 11.5 Å². The van der Waals surface area contributed by atoms with Crippen molar-refractivity contribution in [3.63, 3.8) is 0 Å². The van der Waals surface area contributed by atoms with Crippen molar-refractivity contribution in [3.8, 4) is 17.6 Å². The van der Waals surface area contributed by atoms with Gasteiger partial charge in [0.25, 0.3) is 0 Å². The standard InChI is InChI=1S/C19H13ClFN3O/c20-17-9-15(5-4-14(17)10-22)24-11-13-3-6-19(18(21)8-13)25-16-2-1-7-23-12-16/h1-9,12,24H,11H2. The molecule has 1 aromatic heterocycles. The number of hydrogen-bond acceptors (Lipinski definition) is 4. The fraction of sp³-hybridized carbons (Fsp3) is 0.0526. The molecular weight excluding hydrogens is 341 g/mol. The van der Waals surface area contributed by atoms with Crippen molar-refractivity contribution in [3.05, 3.63) is 82.9 Å². The monoisotopic (exact) mass is 353 g/mol. The molecule has 0 fully saturated rings. The number of pyridine rings is 1. The molecule has 0 amide bonds. The molecule has 0 bridgehead atoms. The number of nitriles is 1. The Kier molecular flexibility index (Phi) is 5.12. The number of nitrogens with one attached hydrogen (secondary N) is 1. The van der Waals surface area contributed by atoms with Crippen LogP contribution < -0.4 is 10.1 Å². The van der Waals surface area contributed by atoms with Crippen molar-refractivity contribution in [1.29, 1.82) is 5.26 Å². The van der Waals surface area contributed by atoms with Gasteiger partial charge in [-0.15, -0.1) is 0 Å². The van der Waals surface area contributed by atoms with Gasteiger partial charge >= 0.3 is 0 Å². The number of hydrogen-bond donors (Lipinski definition) is 1. The highest BCUT2D eigenvalue weighted by Crippen LogP contribution is 2.25. The molecule has 0 aliphatic rings. The molecule has 2 aromatic carbocycles. The summed E-state index contributed by atoms with van der Waals surface area (Å²) in [7, 11) is 0. The summed E-state index contributed by atoms with van der Waals surface area (Å²) in [5.41, 5.74) is 1.91. The summed E-state index contributed by atoms with van der Waals surface area (Å²) in [6.07, 6.45) is 3.14. The SMILES string of the molecule is N#Cc1ccc(NCc2ccc(Oc3cccnc3)c(F)c2)cc1Cl. The first kappa shape index (κ1) is 16.7. The quantitative estimate of drug-likeness (QED) is 0.689. The maximum absolute atomic E-state index is 14.2. The molecule has 0 unspecified atom stereocenters. The van der Waals surface area contributed by atoms with Gasteiger partial charge in [0.05, 0.1) is 16.8 Å². The van der Waals surface area contributed by atoms with Crippen LogP contribution in [-0.4, -0.2) is 4.98 Å². The van der Waals surface area contributed by atoms with Crippen LogP contribution in [0.2, 0.25) is 5.02 Å². The normalized spacial score (nSPS) is 10.1. The number of halogens is 2. The smallest absolute Gasteiger partial charge is 0.166 e. The Bertz CT molecular complexity index is 926. The van der Waals surface area contributed by atoms with Gasteiger partial charge in [-0.2, -0.15) is 5.26 Å². The minimum atomic E-state index is -0.457. The number of anilines is 1. The molecule has 0 radical (unpaired) electrons. The van der Waals surface area contributed by atoms with Crippen molar-refractivity contribution in [2.24, 2.45) is 0 Å². The van der Waals surface area contributed by atoms with Crippen LogP contribution in [0.25, 0.3) is 0 Å². The lowest BCUT2D eigenvalue weighted by Gasteiger charge is -2.10. The molecule has 4 nitrogen and oxygen atoms in total. The van der Waals surface area contributed by atoms with Gasteiger partial charge in [0.1, 0.15) is 11.8 Å². The van der Waals surface area contributed by atoms with E-state index in [1.807, 2.05) is 6.07 Å².